The Bertz CT molecular complexity index is 589. The van der Waals surface area contributed by atoms with Gasteiger partial charge >= 0.3 is 5.97 Å². The normalized spacial score (nSPS) is 20.4. The van der Waals surface area contributed by atoms with Gasteiger partial charge in [0.25, 0.3) is 0 Å². The van der Waals surface area contributed by atoms with Gasteiger partial charge in [0.1, 0.15) is 5.60 Å². The molecule has 26 heavy (non-hydrogen) atoms. The van der Waals surface area contributed by atoms with Crippen molar-refractivity contribution in [2.75, 3.05) is 19.8 Å². The Morgan fingerprint density at radius 3 is 2.35 bits per heavy atom. The highest BCUT2D eigenvalue weighted by Gasteiger charge is 2.40. The zero-order chi connectivity index (χ0) is 18.6. The van der Waals surface area contributed by atoms with Gasteiger partial charge in [-0.05, 0) is 50.7 Å². The third kappa shape index (κ3) is 5.29. The van der Waals surface area contributed by atoms with Crippen LogP contribution in [0.3, 0.4) is 0 Å². The first-order chi connectivity index (χ1) is 12.4. The van der Waals surface area contributed by atoms with Crippen LogP contribution in [0.1, 0.15) is 63.5 Å². The lowest BCUT2D eigenvalue weighted by atomic mass is 9.81. The summed E-state index contributed by atoms with van der Waals surface area (Å²) in [5.41, 5.74) is 2.12. The van der Waals surface area contributed by atoms with Gasteiger partial charge in [-0.25, -0.2) is 0 Å². The molecule has 2 aliphatic rings. The Morgan fingerprint density at radius 1 is 1.15 bits per heavy atom. The molecule has 144 valence electrons. The zero-order valence-electron chi connectivity index (χ0n) is 16.2. The lowest BCUT2D eigenvalue weighted by Gasteiger charge is -2.35. The molecule has 1 aromatic rings. The van der Waals surface area contributed by atoms with E-state index in [0.717, 1.165) is 38.9 Å². The molecule has 1 aliphatic carbocycles. The van der Waals surface area contributed by atoms with Gasteiger partial charge in [-0.3, -0.25) is 4.79 Å². The molecule has 1 aromatic carbocycles. The number of nitrogens with one attached hydrogen (secondary N) is 1. The quantitative estimate of drug-likeness (QED) is 0.813. The molecule has 5 heteroatoms. The topological polar surface area (TPSA) is 56.8 Å². The van der Waals surface area contributed by atoms with E-state index in [4.69, 9.17) is 14.2 Å². The van der Waals surface area contributed by atoms with Gasteiger partial charge in [0.2, 0.25) is 0 Å². The van der Waals surface area contributed by atoms with Crippen molar-refractivity contribution >= 4 is 5.97 Å². The maximum atomic E-state index is 11.7. The molecular weight excluding hydrogens is 330 g/mol. The summed E-state index contributed by atoms with van der Waals surface area (Å²) in [6.45, 7) is 7.98. The molecule has 0 amide bonds. The fourth-order valence-corrected chi connectivity index (χ4v) is 3.77. The van der Waals surface area contributed by atoms with Crippen molar-refractivity contribution in [1.82, 2.24) is 5.32 Å². The maximum Gasteiger partial charge on any atom is 0.320 e. The summed E-state index contributed by atoms with van der Waals surface area (Å²) >= 11 is 0. The minimum atomic E-state index is -0.437. The summed E-state index contributed by atoms with van der Waals surface area (Å²) in [5, 5.41) is 3.15. The highest BCUT2D eigenvalue weighted by Crippen LogP contribution is 2.42. The number of hydrogen-bond acceptors (Lipinski definition) is 5. The number of benzene rings is 1. The molecule has 1 saturated heterocycles. The zero-order valence-corrected chi connectivity index (χ0v) is 16.2. The van der Waals surface area contributed by atoms with Crippen LogP contribution in [-0.4, -0.2) is 37.1 Å². The third-order valence-corrected chi connectivity index (χ3v) is 5.03. The van der Waals surface area contributed by atoms with Crippen LogP contribution in [0, 0.1) is 0 Å². The monoisotopic (exact) mass is 361 g/mol. The van der Waals surface area contributed by atoms with E-state index in [2.05, 4.69) is 29.6 Å². The molecule has 1 saturated carbocycles. The van der Waals surface area contributed by atoms with E-state index >= 15 is 0 Å². The molecule has 5 nitrogen and oxygen atoms in total. The summed E-state index contributed by atoms with van der Waals surface area (Å²) in [7, 11) is 0. The molecule has 2 fully saturated rings. The largest absolute Gasteiger partial charge is 0.459 e. The molecule has 1 spiro atoms. The first kappa shape index (κ1) is 19.3. The van der Waals surface area contributed by atoms with Gasteiger partial charge in [0.05, 0.1) is 19.8 Å². The maximum absolute atomic E-state index is 11.7. The lowest BCUT2D eigenvalue weighted by Crippen LogP contribution is -2.34. The van der Waals surface area contributed by atoms with Gasteiger partial charge in [-0.2, -0.15) is 0 Å². The van der Waals surface area contributed by atoms with Gasteiger partial charge in [-0.1, -0.05) is 24.3 Å². The minimum absolute atomic E-state index is 0.221. The second-order valence-corrected chi connectivity index (χ2v) is 8.31. The van der Waals surface area contributed by atoms with Crippen molar-refractivity contribution in [3.05, 3.63) is 35.4 Å². The fourth-order valence-electron chi connectivity index (χ4n) is 3.77. The van der Waals surface area contributed by atoms with Crippen LogP contribution >= 0.6 is 0 Å². The predicted molar refractivity (Wildman–Crippen MR) is 99.8 cm³/mol. The predicted octanol–water partition coefficient (Wildman–Crippen LogP) is 3.52. The number of carbonyl (C=O) groups is 1. The second-order valence-electron chi connectivity index (χ2n) is 8.31. The van der Waals surface area contributed by atoms with E-state index in [1.165, 1.54) is 11.1 Å². The van der Waals surface area contributed by atoms with Gasteiger partial charge in [0.15, 0.2) is 5.79 Å². The van der Waals surface area contributed by atoms with Crippen LogP contribution in [0.2, 0.25) is 0 Å². The summed E-state index contributed by atoms with van der Waals surface area (Å²) in [4.78, 5) is 11.7. The number of hydrogen-bond donors (Lipinski definition) is 1. The average Bonchev–Trinajstić information content (AvgIpc) is 3.03. The van der Waals surface area contributed by atoms with E-state index in [9.17, 15) is 4.79 Å². The average molecular weight is 361 g/mol. The summed E-state index contributed by atoms with van der Waals surface area (Å²) in [6.07, 6.45) is 4.18. The van der Waals surface area contributed by atoms with Crippen LogP contribution in [0.25, 0.3) is 0 Å². The van der Waals surface area contributed by atoms with E-state index < -0.39 is 5.60 Å². The Labute approximate surface area is 156 Å². The molecule has 0 radical (unpaired) electrons. The molecule has 1 aliphatic heterocycles. The van der Waals surface area contributed by atoms with Gasteiger partial charge in [-0.15, -0.1) is 0 Å². The number of ether oxygens (including phenoxy) is 3. The van der Waals surface area contributed by atoms with Crippen molar-refractivity contribution < 1.29 is 19.0 Å². The van der Waals surface area contributed by atoms with Crippen molar-refractivity contribution in [2.45, 2.75) is 70.3 Å². The van der Waals surface area contributed by atoms with Crippen molar-refractivity contribution in [3.8, 4) is 0 Å². The van der Waals surface area contributed by atoms with Gasteiger partial charge in [0, 0.05) is 19.4 Å². The lowest BCUT2D eigenvalue weighted by molar-refractivity contribution is -0.178. The Hall–Kier alpha value is -1.43. The number of carbonyl (C=O) groups excluding carboxylic acids is 1. The van der Waals surface area contributed by atoms with Gasteiger partial charge < -0.3 is 19.5 Å². The Kier molecular flexibility index (Phi) is 6.00. The Morgan fingerprint density at radius 2 is 1.77 bits per heavy atom. The van der Waals surface area contributed by atoms with Crippen LogP contribution in [0.4, 0.5) is 0 Å². The summed E-state index contributed by atoms with van der Waals surface area (Å²) in [6, 6.07) is 8.71. The van der Waals surface area contributed by atoms with E-state index in [1.54, 1.807) is 0 Å². The molecule has 3 rings (SSSR count). The molecule has 1 heterocycles. The van der Waals surface area contributed by atoms with E-state index in [-0.39, 0.29) is 18.3 Å². The van der Waals surface area contributed by atoms with Crippen LogP contribution in [-0.2, 0) is 25.5 Å². The smallest absolute Gasteiger partial charge is 0.320 e. The van der Waals surface area contributed by atoms with Crippen molar-refractivity contribution in [2.24, 2.45) is 0 Å². The van der Waals surface area contributed by atoms with Crippen molar-refractivity contribution in [1.29, 1.82) is 0 Å². The Balaban J connectivity index is 1.43. The standard InChI is InChI=1S/C21H31NO4/c1-20(2,3)26-19(23)15-22-14-16-4-6-17(7-5-16)18-8-10-21(11-9-18)24-12-13-25-21/h4-7,18,22H,8-15H2,1-3H3. The van der Waals surface area contributed by atoms with Crippen LogP contribution in [0.5, 0.6) is 0 Å². The van der Waals surface area contributed by atoms with Crippen molar-refractivity contribution in [3.63, 3.8) is 0 Å². The minimum Gasteiger partial charge on any atom is -0.459 e. The molecule has 0 aromatic heterocycles. The summed E-state index contributed by atoms with van der Waals surface area (Å²) in [5.74, 6) is 0.0703. The number of esters is 1. The second kappa shape index (κ2) is 8.07. The van der Waals surface area contributed by atoms with E-state index in [1.807, 2.05) is 20.8 Å². The highest BCUT2D eigenvalue weighted by atomic mass is 16.7. The third-order valence-electron chi connectivity index (χ3n) is 5.03. The number of rotatable bonds is 5. The SMILES string of the molecule is CC(C)(C)OC(=O)CNCc1ccc(C2CCC3(CC2)OCCO3)cc1. The molecular formula is C21H31NO4. The molecule has 0 atom stereocenters. The van der Waals surface area contributed by atoms with Crippen LogP contribution < -0.4 is 5.32 Å². The van der Waals surface area contributed by atoms with E-state index in [0.29, 0.717) is 12.5 Å². The molecule has 0 unspecified atom stereocenters. The molecule has 1 N–H and O–H groups in total. The van der Waals surface area contributed by atoms with Crippen LogP contribution in [0.15, 0.2) is 24.3 Å². The first-order valence-electron chi connectivity index (χ1n) is 9.65. The highest BCUT2D eigenvalue weighted by molar-refractivity contribution is 5.72. The molecule has 0 bridgehead atoms. The summed E-state index contributed by atoms with van der Waals surface area (Å²) < 4.78 is 16.9. The first-order valence-corrected chi connectivity index (χ1v) is 9.65. The fraction of sp³-hybridized carbons (Fsp3) is 0.667.